The summed E-state index contributed by atoms with van der Waals surface area (Å²) in [5.74, 6) is -1.07. The van der Waals surface area contributed by atoms with Crippen molar-refractivity contribution in [2.75, 3.05) is 69.4 Å². The van der Waals surface area contributed by atoms with Gasteiger partial charge in [0.15, 0.2) is 0 Å². The highest BCUT2D eigenvalue weighted by Crippen LogP contribution is 2.39. The largest absolute Gasteiger partial charge is 0.355 e. The van der Waals surface area contributed by atoms with E-state index in [0.717, 1.165) is 31.9 Å². The maximum absolute atomic E-state index is 14.0. The van der Waals surface area contributed by atoms with Gasteiger partial charge in [-0.25, -0.2) is 4.39 Å². The van der Waals surface area contributed by atoms with Crippen molar-refractivity contribution < 1.29 is 18.8 Å². The van der Waals surface area contributed by atoms with Crippen molar-refractivity contribution in [1.29, 1.82) is 0 Å². The van der Waals surface area contributed by atoms with Crippen LogP contribution in [0.1, 0.15) is 27.0 Å². The quantitative estimate of drug-likeness (QED) is 0.376. The van der Waals surface area contributed by atoms with Crippen molar-refractivity contribution >= 4 is 46.1 Å². The topological polar surface area (TPSA) is 97.0 Å². The smallest absolute Gasteiger partial charge is 0.258 e. The molecule has 0 bridgehead atoms. The Kier molecular flexibility index (Phi) is 8.37. The third-order valence-electron chi connectivity index (χ3n) is 7.90. The number of anilines is 3. The van der Waals surface area contributed by atoms with Crippen LogP contribution in [0, 0.1) is 12.7 Å². The van der Waals surface area contributed by atoms with Gasteiger partial charge in [0.05, 0.1) is 23.5 Å². The van der Waals surface area contributed by atoms with Crippen LogP contribution in [-0.4, -0.2) is 81.4 Å². The number of halogens is 1. The van der Waals surface area contributed by atoms with E-state index in [9.17, 15) is 18.8 Å². The van der Waals surface area contributed by atoms with Gasteiger partial charge in [-0.3, -0.25) is 19.3 Å². The van der Waals surface area contributed by atoms with Crippen LogP contribution in [0.3, 0.4) is 0 Å². The molecule has 1 fully saturated rings. The molecule has 10 heteroatoms. The number of rotatable bonds is 7. The lowest BCUT2D eigenvalue weighted by Crippen LogP contribution is -2.48. The van der Waals surface area contributed by atoms with Crippen LogP contribution < -0.4 is 20.9 Å². The number of carbonyl (C=O) groups is 3. The van der Waals surface area contributed by atoms with Crippen LogP contribution in [0.15, 0.2) is 60.7 Å². The zero-order chi connectivity index (χ0) is 30.0. The number of nitrogens with zero attached hydrogens (tertiary/aromatic N) is 3. The SMILES string of the molecule is CNC(=O)c1cccc(/C(Nc2ccc(N(C)C(=O)CN3CCN(C)CC3)cc2)=C2/C(=O)Nc3cc(F)ccc32)c1C. The highest BCUT2D eigenvalue weighted by atomic mass is 19.1. The van der Waals surface area contributed by atoms with Crippen molar-refractivity contribution in [3.05, 3.63) is 88.7 Å². The number of amides is 3. The van der Waals surface area contributed by atoms with Gasteiger partial charge in [-0.2, -0.15) is 0 Å². The summed E-state index contributed by atoms with van der Waals surface area (Å²) in [6.45, 7) is 5.79. The Balaban J connectivity index is 1.47. The van der Waals surface area contributed by atoms with E-state index in [4.69, 9.17) is 0 Å². The summed E-state index contributed by atoms with van der Waals surface area (Å²) in [5, 5.41) is 8.81. The molecule has 0 spiro atoms. The molecule has 1 saturated heterocycles. The van der Waals surface area contributed by atoms with Gasteiger partial charge in [0.25, 0.3) is 11.8 Å². The van der Waals surface area contributed by atoms with Crippen molar-refractivity contribution in [3.63, 3.8) is 0 Å². The van der Waals surface area contributed by atoms with Crippen LogP contribution in [-0.2, 0) is 9.59 Å². The van der Waals surface area contributed by atoms with Crippen molar-refractivity contribution in [2.24, 2.45) is 0 Å². The second-order valence-corrected chi connectivity index (χ2v) is 10.7. The molecule has 0 aromatic heterocycles. The lowest BCUT2D eigenvalue weighted by Gasteiger charge is -2.32. The lowest BCUT2D eigenvalue weighted by molar-refractivity contribution is -0.119. The summed E-state index contributed by atoms with van der Waals surface area (Å²) in [6, 6.07) is 16.9. The van der Waals surface area contributed by atoms with Crippen LogP contribution >= 0.6 is 0 Å². The number of fused-ring (bicyclic) bond motifs is 1. The van der Waals surface area contributed by atoms with E-state index in [1.54, 1.807) is 37.2 Å². The molecule has 3 aromatic carbocycles. The monoisotopic (exact) mass is 570 g/mol. The van der Waals surface area contributed by atoms with E-state index in [1.807, 2.05) is 37.3 Å². The van der Waals surface area contributed by atoms with Crippen molar-refractivity contribution in [1.82, 2.24) is 15.1 Å². The van der Waals surface area contributed by atoms with Crippen LogP contribution in [0.2, 0.25) is 0 Å². The van der Waals surface area contributed by atoms with Crippen LogP contribution in [0.5, 0.6) is 0 Å². The molecule has 2 heterocycles. The molecule has 0 unspecified atom stereocenters. The average molecular weight is 571 g/mol. The number of nitrogens with one attached hydrogen (secondary N) is 3. The summed E-state index contributed by atoms with van der Waals surface area (Å²) in [5.41, 5.74) is 4.98. The first-order chi connectivity index (χ1) is 20.2. The van der Waals surface area contributed by atoms with Gasteiger partial charge in [-0.15, -0.1) is 0 Å². The Bertz CT molecular complexity index is 1560. The summed E-state index contributed by atoms with van der Waals surface area (Å²) < 4.78 is 14.0. The Morgan fingerprint density at radius 3 is 2.38 bits per heavy atom. The Labute approximate surface area is 245 Å². The predicted molar refractivity (Wildman–Crippen MR) is 164 cm³/mol. The molecule has 42 heavy (non-hydrogen) atoms. The molecule has 3 aromatic rings. The molecule has 3 N–H and O–H groups in total. The zero-order valence-electron chi connectivity index (χ0n) is 24.3. The second-order valence-electron chi connectivity index (χ2n) is 10.7. The van der Waals surface area contributed by atoms with E-state index >= 15 is 0 Å². The van der Waals surface area contributed by atoms with Gasteiger partial charge < -0.3 is 25.8 Å². The van der Waals surface area contributed by atoms with E-state index in [1.165, 1.54) is 12.1 Å². The molecular weight excluding hydrogens is 535 g/mol. The minimum atomic E-state index is -0.454. The summed E-state index contributed by atoms with van der Waals surface area (Å²) in [7, 11) is 5.41. The van der Waals surface area contributed by atoms with Gasteiger partial charge in [-0.1, -0.05) is 12.1 Å². The Hall–Kier alpha value is -4.54. The first-order valence-corrected chi connectivity index (χ1v) is 13.9. The number of hydrogen-bond donors (Lipinski definition) is 3. The number of benzene rings is 3. The molecule has 9 nitrogen and oxygen atoms in total. The zero-order valence-corrected chi connectivity index (χ0v) is 24.3. The molecule has 0 atom stereocenters. The highest BCUT2D eigenvalue weighted by molar-refractivity contribution is 6.37. The normalized spacial score (nSPS) is 16.5. The average Bonchev–Trinajstić information content (AvgIpc) is 3.31. The summed E-state index contributed by atoms with van der Waals surface area (Å²) >= 11 is 0. The fraction of sp³-hybridized carbons (Fsp3) is 0.281. The van der Waals surface area contributed by atoms with Gasteiger partial charge in [-0.05, 0) is 68.1 Å². The standard InChI is InChI=1S/C32H35FN6O3/c1-20-24(6-5-7-25(20)31(41)34-2)30(29-26-13-8-21(33)18-27(26)36-32(29)42)35-22-9-11-23(12-10-22)38(4)28(40)19-39-16-14-37(3)15-17-39/h5-13,18,35H,14-17,19H2,1-4H3,(H,34,41)(H,36,42)/b30-29-. The van der Waals surface area contributed by atoms with Crippen LogP contribution in [0.25, 0.3) is 11.3 Å². The highest BCUT2D eigenvalue weighted by Gasteiger charge is 2.30. The van der Waals surface area contributed by atoms with Crippen LogP contribution in [0.4, 0.5) is 21.5 Å². The molecule has 5 rings (SSSR count). The minimum Gasteiger partial charge on any atom is -0.355 e. The molecule has 0 saturated carbocycles. The summed E-state index contributed by atoms with van der Waals surface area (Å²) in [6.07, 6.45) is 0. The molecule has 2 aliphatic rings. The van der Waals surface area contributed by atoms with E-state index in [-0.39, 0.29) is 17.7 Å². The second kappa shape index (κ2) is 12.1. The number of hydrogen-bond acceptors (Lipinski definition) is 6. The Morgan fingerprint density at radius 2 is 1.69 bits per heavy atom. The fourth-order valence-corrected chi connectivity index (χ4v) is 5.30. The molecule has 3 amide bonds. The Morgan fingerprint density at radius 1 is 1.00 bits per heavy atom. The van der Waals surface area contributed by atoms with Gasteiger partial charge in [0, 0.05) is 68.3 Å². The first kappa shape index (κ1) is 29.0. The third kappa shape index (κ3) is 5.90. The van der Waals surface area contributed by atoms with Gasteiger partial charge in [0.1, 0.15) is 5.82 Å². The van der Waals surface area contributed by atoms with E-state index in [0.29, 0.717) is 51.4 Å². The number of piperazine rings is 1. The lowest BCUT2D eigenvalue weighted by atomic mass is 9.94. The third-order valence-corrected chi connectivity index (χ3v) is 7.90. The fourth-order valence-electron chi connectivity index (χ4n) is 5.30. The number of likely N-dealkylation sites (N-methyl/N-ethyl adjacent to an activating group) is 2. The van der Waals surface area contributed by atoms with Gasteiger partial charge >= 0.3 is 0 Å². The van der Waals surface area contributed by atoms with Crippen molar-refractivity contribution in [3.8, 4) is 0 Å². The van der Waals surface area contributed by atoms with E-state index < -0.39 is 5.82 Å². The maximum Gasteiger partial charge on any atom is 0.258 e. The van der Waals surface area contributed by atoms with E-state index in [2.05, 4.69) is 32.8 Å². The first-order valence-electron chi connectivity index (χ1n) is 13.9. The summed E-state index contributed by atoms with van der Waals surface area (Å²) in [4.78, 5) is 44.9. The minimum absolute atomic E-state index is 0.0103. The predicted octanol–water partition coefficient (Wildman–Crippen LogP) is 3.64. The molecule has 218 valence electrons. The molecular formula is C32H35FN6O3. The molecule has 0 radical (unpaired) electrons. The number of carbonyl (C=O) groups excluding carboxylic acids is 3. The van der Waals surface area contributed by atoms with Gasteiger partial charge in [0.2, 0.25) is 5.91 Å². The molecule has 2 aliphatic heterocycles. The maximum atomic E-state index is 14.0. The molecule has 0 aliphatic carbocycles. The van der Waals surface area contributed by atoms with Crippen molar-refractivity contribution in [2.45, 2.75) is 6.92 Å².